The van der Waals surface area contributed by atoms with Crippen molar-refractivity contribution in [2.24, 2.45) is 0 Å². The van der Waals surface area contributed by atoms with Gasteiger partial charge in [0.2, 0.25) is 15.9 Å². The number of nitrogens with one attached hydrogen (secondary N) is 2. The van der Waals surface area contributed by atoms with Gasteiger partial charge in [-0.2, -0.15) is 4.72 Å². The normalized spacial score (nSPS) is 12.5. The van der Waals surface area contributed by atoms with Crippen LogP contribution in [-0.2, 0) is 14.8 Å². The molecule has 0 radical (unpaired) electrons. The molecule has 2 N–H and O–H groups in total. The van der Waals surface area contributed by atoms with Crippen LogP contribution in [0.25, 0.3) is 0 Å². The molecule has 0 fully saturated rings. The Labute approximate surface area is 162 Å². The molecule has 0 unspecified atom stereocenters. The van der Waals surface area contributed by atoms with Gasteiger partial charge in [0, 0.05) is 15.7 Å². The molecule has 9 heteroatoms. The molecule has 0 aromatic heterocycles. The molecule has 2 aromatic carbocycles. The van der Waals surface area contributed by atoms with Crippen LogP contribution >= 0.6 is 23.2 Å². The van der Waals surface area contributed by atoms with Gasteiger partial charge in [-0.25, -0.2) is 8.42 Å². The van der Waals surface area contributed by atoms with Crippen LogP contribution < -0.4 is 14.8 Å². The van der Waals surface area contributed by atoms with Crippen LogP contribution in [0.1, 0.15) is 12.5 Å². The van der Waals surface area contributed by atoms with Crippen LogP contribution in [0.4, 0.5) is 5.69 Å². The van der Waals surface area contributed by atoms with Gasteiger partial charge < -0.3 is 10.1 Å². The molecule has 6 nitrogen and oxygen atoms in total. The lowest BCUT2D eigenvalue weighted by Crippen LogP contribution is -2.41. The number of ether oxygens (including phenoxy) is 1. The van der Waals surface area contributed by atoms with Crippen molar-refractivity contribution >= 4 is 44.8 Å². The maximum absolute atomic E-state index is 12.5. The van der Waals surface area contributed by atoms with Crippen molar-refractivity contribution in [1.82, 2.24) is 4.72 Å². The van der Waals surface area contributed by atoms with Gasteiger partial charge >= 0.3 is 0 Å². The Hall–Kier alpha value is -1.80. The minimum Gasteiger partial charge on any atom is -0.496 e. The average molecular weight is 417 g/mol. The van der Waals surface area contributed by atoms with Crippen molar-refractivity contribution in [3.63, 3.8) is 0 Å². The fraction of sp³-hybridized carbons (Fsp3) is 0.235. The van der Waals surface area contributed by atoms with E-state index in [1.807, 2.05) is 0 Å². The molecule has 0 spiro atoms. The van der Waals surface area contributed by atoms with Crippen molar-refractivity contribution in [3.05, 3.63) is 52.0 Å². The molecule has 0 bridgehead atoms. The minimum absolute atomic E-state index is 0.0428. The topological polar surface area (TPSA) is 84.5 Å². The van der Waals surface area contributed by atoms with Gasteiger partial charge in [-0.15, -0.1) is 0 Å². The van der Waals surface area contributed by atoms with Crippen LogP contribution in [0.15, 0.2) is 41.3 Å². The standard InChI is InChI=1S/C17H18Cl2N2O4S/c1-10-6-15(4-5-16(10)25-3)26(23,24)21-11(2)17(22)20-14-8-12(18)7-13(19)9-14/h4-9,11,21H,1-3H3,(H,20,22)/t11-/m1/s1. The van der Waals surface area contributed by atoms with Gasteiger partial charge in [-0.05, 0) is 55.8 Å². The van der Waals surface area contributed by atoms with E-state index in [2.05, 4.69) is 10.0 Å². The van der Waals surface area contributed by atoms with Crippen molar-refractivity contribution in [2.75, 3.05) is 12.4 Å². The largest absolute Gasteiger partial charge is 0.496 e. The third-order valence-electron chi connectivity index (χ3n) is 3.53. The number of carbonyl (C=O) groups is 1. The van der Waals surface area contributed by atoms with Crippen LogP contribution in [0.3, 0.4) is 0 Å². The highest BCUT2D eigenvalue weighted by Gasteiger charge is 2.23. The number of hydrogen-bond acceptors (Lipinski definition) is 4. The number of benzene rings is 2. The lowest BCUT2D eigenvalue weighted by Gasteiger charge is -2.15. The van der Waals surface area contributed by atoms with Crippen LogP contribution in [0, 0.1) is 6.92 Å². The number of halogens is 2. The lowest BCUT2D eigenvalue weighted by atomic mass is 10.2. The van der Waals surface area contributed by atoms with Crippen LogP contribution in [-0.4, -0.2) is 27.5 Å². The first-order chi connectivity index (χ1) is 12.1. The SMILES string of the molecule is COc1ccc(S(=O)(=O)N[C@H](C)C(=O)Nc2cc(Cl)cc(Cl)c2)cc1C. The van der Waals surface area contributed by atoms with Gasteiger partial charge in [0.15, 0.2) is 0 Å². The van der Waals surface area contributed by atoms with Crippen molar-refractivity contribution in [1.29, 1.82) is 0 Å². The van der Waals surface area contributed by atoms with Crippen LogP contribution in [0.5, 0.6) is 5.75 Å². The Morgan fingerprint density at radius 3 is 2.27 bits per heavy atom. The van der Waals surface area contributed by atoms with Crippen molar-refractivity contribution in [2.45, 2.75) is 24.8 Å². The van der Waals surface area contributed by atoms with E-state index in [-0.39, 0.29) is 4.90 Å². The monoisotopic (exact) mass is 416 g/mol. The summed E-state index contributed by atoms with van der Waals surface area (Å²) in [6.45, 7) is 3.17. The summed E-state index contributed by atoms with van der Waals surface area (Å²) in [6.07, 6.45) is 0. The second kappa shape index (κ2) is 8.26. The van der Waals surface area contributed by atoms with Crippen molar-refractivity contribution < 1.29 is 17.9 Å². The summed E-state index contributed by atoms with van der Waals surface area (Å²) in [6, 6.07) is 7.98. The number of sulfonamides is 1. The quantitative estimate of drug-likeness (QED) is 0.752. The van der Waals surface area contributed by atoms with E-state index in [9.17, 15) is 13.2 Å². The van der Waals surface area contributed by atoms with Gasteiger partial charge in [-0.1, -0.05) is 23.2 Å². The number of hydrogen-bond donors (Lipinski definition) is 2. The van der Waals surface area contributed by atoms with E-state index in [1.165, 1.54) is 44.4 Å². The van der Waals surface area contributed by atoms with E-state index >= 15 is 0 Å². The second-order valence-corrected chi connectivity index (χ2v) is 8.21. The smallest absolute Gasteiger partial charge is 0.242 e. The molecular formula is C17H18Cl2N2O4S. The van der Waals surface area contributed by atoms with Crippen LogP contribution in [0.2, 0.25) is 10.0 Å². The summed E-state index contributed by atoms with van der Waals surface area (Å²) in [4.78, 5) is 12.3. The average Bonchev–Trinajstić information content (AvgIpc) is 2.53. The van der Waals surface area contributed by atoms with E-state index < -0.39 is 22.0 Å². The predicted molar refractivity (Wildman–Crippen MR) is 103 cm³/mol. The fourth-order valence-electron chi connectivity index (χ4n) is 2.25. The Balaban J connectivity index is 2.13. The Morgan fingerprint density at radius 2 is 1.73 bits per heavy atom. The number of aryl methyl sites for hydroxylation is 1. The number of amides is 1. The maximum Gasteiger partial charge on any atom is 0.242 e. The molecule has 2 aromatic rings. The van der Waals surface area contributed by atoms with E-state index in [1.54, 1.807) is 13.0 Å². The number of anilines is 1. The fourth-order valence-corrected chi connectivity index (χ4v) is 4.06. The molecule has 1 amide bonds. The third kappa shape index (κ3) is 5.11. The van der Waals surface area contributed by atoms with Crippen molar-refractivity contribution in [3.8, 4) is 5.75 Å². The molecule has 0 aliphatic heterocycles. The Morgan fingerprint density at radius 1 is 1.12 bits per heavy atom. The molecule has 140 valence electrons. The number of carbonyl (C=O) groups excluding carboxylic acids is 1. The first-order valence-electron chi connectivity index (χ1n) is 7.56. The zero-order valence-corrected chi connectivity index (χ0v) is 16.7. The zero-order valence-electron chi connectivity index (χ0n) is 14.3. The van der Waals surface area contributed by atoms with Gasteiger partial charge in [0.05, 0.1) is 18.0 Å². The first kappa shape index (κ1) is 20.5. The maximum atomic E-state index is 12.5. The number of methoxy groups -OCH3 is 1. The van der Waals surface area contributed by atoms with E-state index in [0.717, 1.165) is 0 Å². The summed E-state index contributed by atoms with van der Waals surface area (Å²) in [5.74, 6) is 0.0321. The highest BCUT2D eigenvalue weighted by Crippen LogP contribution is 2.23. The lowest BCUT2D eigenvalue weighted by molar-refractivity contribution is -0.117. The predicted octanol–water partition coefficient (Wildman–Crippen LogP) is 3.62. The molecule has 0 saturated heterocycles. The summed E-state index contributed by atoms with van der Waals surface area (Å²) < 4.78 is 32.4. The second-order valence-electron chi connectivity index (χ2n) is 5.62. The molecule has 0 saturated carbocycles. The summed E-state index contributed by atoms with van der Waals surface area (Å²) in [7, 11) is -2.38. The third-order valence-corrected chi connectivity index (χ3v) is 5.51. The summed E-state index contributed by atoms with van der Waals surface area (Å²) in [5.41, 5.74) is 1.04. The molecule has 2 rings (SSSR count). The summed E-state index contributed by atoms with van der Waals surface area (Å²) >= 11 is 11.8. The van der Waals surface area contributed by atoms with Gasteiger partial charge in [-0.3, -0.25) is 4.79 Å². The molecule has 0 heterocycles. The molecule has 1 atom stereocenters. The minimum atomic E-state index is -3.88. The highest BCUT2D eigenvalue weighted by molar-refractivity contribution is 7.89. The van der Waals surface area contributed by atoms with E-state index in [4.69, 9.17) is 27.9 Å². The molecule has 0 aliphatic carbocycles. The Kier molecular flexibility index (Phi) is 6.52. The summed E-state index contributed by atoms with van der Waals surface area (Å²) in [5, 5.41) is 3.28. The first-order valence-corrected chi connectivity index (χ1v) is 9.80. The van der Waals surface area contributed by atoms with Gasteiger partial charge in [0.1, 0.15) is 5.75 Å². The Bertz CT molecular complexity index is 912. The zero-order chi connectivity index (χ0) is 19.5. The molecule has 0 aliphatic rings. The highest BCUT2D eigenvalue weighted by atomic mass is 35.5. The van der Waals surface area contributed by atoms with Gasteiger partial charge in [0.25, 0.3) is 0 Å². The number of rotatable bonds is 6. The van der Waals surface area contributed by atoms with E-state index in [0.29, 0.717) is 27.0 Å². The molecular weight excluding hydrogens is 399 g/mol. The molecule has 26 heavy (non-hydrogen) atoms.